The SMILES string of the molecule is C=CCCCN(C)C(=NCC1(N2CCCC2)CCOCC1)NCC.I. The Labute approximate surface area is 171 Å². The molecule has 2 fully saturated rings. The monoisotopic (exact) mass is 464 g/mol. The lowest BCUT2D eigenvalue weighted by atomic mass is 9.88. The molecule has 0 aromatic heterocycles. The predicted octanol–water partition coefficient (Wildman–Crippen LogP) is 3.11. The molecule has 0 radical (unpaired) electrons. The summed E-state index contributed by atoms with van der Waals surface area (Å²) in [6.07, 6.45) is 9.03. The van der Waals surface area contributed by atoms with Crippen molar-refractivity contribution in [3.8, 4) is 0 Å². The Balaban J connectivity index is 0.00000312. The third-order valence-electron chi connectivity index (χ3n) is 5.32. The van der Waals surface area contributed by atoms with Gasteiger partial charge in [0.1, 0.15) is 0 Å². The zero-order valence-corrected chi connectivity index (χ0v) is 18.5. The molecule has 2 rings (SSSR count). The quantitative estimate of drug-likeness (QED) is 0.197. The molecule has 0 aromatic rings. The van der Waals surface area contributed by atoms with Crippen LogP contribution in [-0.2, 0) is 4.74 Å². The third kappa shape index (κ3) is 6.71. The molecular weight excluding hydrogens is 427 g/mol. The molecule has 0 bridgehead atoms. The highest BCUT2D eigenvalue weighted by Gasteiger charge is 2.39. The van der Waals surface area contributed by atoms with Crippen molar-refractivity contribution >= 4 is 29.9 Å². The third-order valence-corrected chi connectivity index (χ3v) is 5.32. The van der Waals surface area contributed by atoms with Gasteiger partial charge in [-0.3, -0.25) is 9.89 Å². The maximum Gasteiger partial charge on any atom is 0.193 e. The van der Waals surface area contributed by atoms with Crippen LogP contribution in [0.3, 0.4) is 0 Å². The van der Waals surface area contributed by atoms with Crippen LogP contribution < -0.4 is 5.32 Å². The summed E-state index contributed by atoms with van der Waals surface area (Å²) < 4.78 is 5.64. The molecule has 0 saturated carbocycles. The standard InChI is InChI=1S/C19H36N4O.HI/c1-4-6-7-12-22(3)18(20-5-2)21-17-19(10-15-24-16-11-19)23-13-8-9-14-23;/h4H,1,5-17H2,2-3H3,(H,20,21);1H. The summed E-state index contributed by atoms with van der Waals surface area (Å²) in [5, 5.41) is 3.46. The first kappa shape index (κ1) is 22.7. The first-order chi connectivity index (χ1) is 11.7. The zero-order valence-electron chi connectivity index (χ0n) is 16.1. The van der Waals surface area contributed by atoms with Crippen LogP contribution in [0.1, 0.15) is 45.4 Å². The van der Waals surface area contributed by atoms with Gasteiger partial charge >= 0.3 is 0 Å². The summed E-state index contributed by atoms with van der Waals surface area (Å²) in [7, 11) is 2.14. The molecule has 0 spiro atoms. The minimum absolute atomic E-state index is 0. The molecule has 2 saturated heterocycles. The number of nitrogens with zero attached hydrogens (tertiary/aromatic N) is 3. The normalized spacial score (nSPS) is 20.8. The number of hydrogen-bond donors (Lipinski definition) is 1. The fraction of sp³-hybridized carbons (Fsp3) is 0.842. The second kappa shape index (κ2) is 12.1. The highest BCUT2D eigenvalue weighted by molar-refractivity contribution is 14.0. The summed E-state index contributed by atoms with van der Waals surface area (Å²) >= 11 is 0. The van der Waals surface area contributed by atoms with Gasteiger partial charge in [-0.25, -0.2) is 0 Å². The number of hydrogen-bond acceptors (Lipinski definition) is 3. The number of rotatable bonds is 8. The minimum atomic E-state index is 0. The van der Waals surface area contributed by atoms with Crippen molar-refractivity contribution < 1.29 is 4.74 Å². The number of ether oxygens (including phenoxy) is 1. The van der Waals surface area contributed by atoms with E-state index < -0.39 is 0 Å². The maximum absolute atomic E-state index is 5.64. The van der Waals surface area contributed by atoms with Crippen molar-refractivity contribution in [2.24, 2.45) is 4.99 Å². The van der Waals surface area contributed by atoms with Gasteiger partial charge in [-0.05, 0) is 58.5 Å². The molecule has 0 amide bonds. The second-order valence-electron chi connectivity index (χ2n) is 7.05. The Kier molecular flexibility index (Phi) is 11.0. The average Bonchev–Trinajstić information content (AvgIpc) is 3.15. The van der Waals surface area contributed by atoms with E-state index in [4.69, 9.17) is 9.73 Å². The van der Waals surface area contributed by atoms with Gasteiger partial charge in [0.15, 0.2) is 5.96 Å². The smallest absolute Gasteiger partial charge is 0.193 e. The lowest BCUT2D eigenvalue weighted by molar-refractivity contribution is -0.0139. The van der Waals surface area contributed by atoms with E-state index in [0.717, 1.165) is 64.5 Å². The molecule has 146 valence electrons. The van der Waals surface area contributed by atoms with Crippen LogP contribution >= 0.6 is 24.0 Å². The molecule has 0 aromatic carbocycles. The van der Waals surface area contributed by atoms with Crippen molar-refractivity contribution in [1.29, 1.82) is 0 Å². The lowest BCUT2D eigenvalue weighted by Gasteiger charge is -2.43. The van der Waals surface area contributed by atoms with Crippen molar-refractivity contribution in [2.75, 3.05) is 53.0 Å². The summed E-state index contributed by atoms with van der Waals surface area (Å²) in [5.74, 6) is 1.03. The maximum atomic E-state index is 5.64. The minimum Gasteiger partial charge on any atom is -0.381 e. The second-order valence-corrected chi connectivity index (χ2v) is 7.05. The molecular formula is C19H37IN4O. The van der Waals surface area contributed by atoms with Crippen molar-refractivity contribution in [3.63, 3.8) is 0 Å². The first-order valence-corrected chi connectivity index (χ1v) is 9.65. The molecule has 1 N–H and O–H groups in total. The topological polar surface area (TPSA) is 40.1 Å². The first-order valence-electron chi connectivity index (χ1n) is 9.65. The number of allylic oxidation sites excluding steroid dienone is 1. The van der Waals surface area contributed by atoms with Gasteiger partial charge < -0.3 is 15.0 Å². The number of nitrogens with one attached hydrogen (secondary N) is 1. The van der Waals surface area contributed by atoms with Gasteiger partial charge in [0.05, 0.1) is 6.54 Å². The van der Waals surface area contributed by atoms with E-state index in [1.54, 1.807) is 0 Å². The van der Waals surface area contributed by atoms with Crippen molar-refractivity contribution in [2.45, 2.75) is 51.0 Å². The molecule has 2 aliphatic heterocycles. The number of halogens is 1. The van der Waals surface area contributed by atoms with Gasteiger partial charge in [0, 0.05) is 38.9 Å². The molecule has 2 heterocycles. The lowest BCUT2D eigenvalue weighted by Crippen LogP contribution is -2.54. The van der Waals surface area contributed by atoms with Crippen LogP contribution in [0, 0.1) is 0 Å². The zero-order chi connectivity index (χ0) is 17.3. The largest absolute Gasteiger partial charge is 0.381 e. The van der Waals surface area contributed by atoms with Crippen LogP contribution in [0.25, 0.3) is 0 Å². The van der Waals surface area contributed by atoms with E-state index in [1.165, 1.54) is 25.9 Å². The van der Waals surface area contributed by atoms with E-state index in [0.29, 0.717) is 0 Å². The Morgan fingerprint density at radius 2 is 2.00 bits per heavy atom. The van der Waals surface area contributed by atoms with Crippen LogP contribution in [0.5, 0.6) is 0 Å². The molecule has 25 heavy (non-hydrogen) atoms. The molecule has 2 aliphatic rings. The predicted molar refractivity (Wildman–Crippen MR) is 117 cm³/mol. The number of unbranched alkanes of at least 4 members (excludes halogenated alkanes) is 1. The van der Waals surface area contributed by atoms with E-state index >= 15 is 0 Å². The Morgan fingerprint density at radius 1 is 1.32 bits per heavy atom. The fourth-order valence-electron chi connectivity index (χ4n) is 3.79. The van der Waals surface area contributed by atoms with Gasteiger partial charge in [0.2, 0.25) is 0 Å². The van der Waals surface area contributed by atoms with E-state index in [1.807, 2.05) is 6.08 Å². The molecule has 0 unspecified atom stereocenters. The molecule has 0 aliphatic carbocycles. The van der Waals surface area contributed by atoms with Gasteiger partial charge in [-0.15, -0.1) is 30.6 Å². The van der Waals surface area contributed by atoms with E-state index in [2.05, 4.69) is 35.7 Å². The van der Waals surface area contributed by atoms with Gasteiger partial charge in [-0.2, -0.15) is 0 Å². The number of guanidine groups is 1. The van der Waals surface area contributed by atoms with Crippen LogP contribution in [0.4, 0.5) is 0 Å². The Morgan fingerprint density at radius 3 is 2.60 bits per heavy atom. The highest BCUT2D eigenvalue weighted by Crippen LogP contribution is 2.31. The van der Waals surface area contributed by atoms with Crippen LogP contribution in [-0.4, -0.2) is 74.3 Å². The molecule has 0 atom stereocenters. The average molecular weight is 464 g/mol. The van der Waals surface area contributed by atoms with Crippen molar-refractivity contribution in [3.05, 3.63) is 12.7 Å². The Hall–Kier alpha value is -0.340. The van der Waals surface area contributed by atoms with E-state index in [-0.39, 0.29) is 29.5 Å². The van der Waals surface area contributed by atoms with Gasteiger partial charge in [0.25, 0.3) is 0 Å². The number of likely N-dealkylation sites (tertiary alicyclic amines) is 1. The van der Waals surface area contributed by atoms with E-state index in [9.17, 15) is 0 Å². The summed E-state index contributed by atoms with van der Waals surface area (Å²) in [5.41, 5.74) is 0.206. The fourth-order valence-corrected chi connectivity index (χ4v) is 3.79. The summed E-state index contributed by atoms with van der Waals surface area (Å²) in [4.78, 5) is 9.98. The van der Waals surface area contributed by atoms with Crippen LogP contribution in [0.15, 0.2) is 17.6 Å². The summed E-state index contributed by atoms with van der Waals surface area (Å²) in [6.45, 7) is 12.9. The Bertz CT molecular complexity index is 404. The molecule has 6 heteroatoms. The van der Waals surface area contributed by atoms with Crippen molar-refractivity contribution in [1.82, 2.24) is 15.1 Å². The molecule has 5 nitrogen and oxygen atoms in total. The summed E-state index contributed by atoms with van der Waals surface area (Å²) in [6, 6.07) is 0. The van der Waals surface area contributed by atoms with Crippen LogP contribution in [0.2, 0.25) is 0 Å². The number of aliphatic imine (C=N–C) groups is 1. The van der Waals surface area contributed by atoms with Gasteiger partial charge in [-0.1, -0.05) is 6.08 Å². The highest BCUT2D eigenvalue weighted by atomic mass is 127.